The van der Waals surface area contributed by atoms with Gasteiger partial charge in [0, 0.05) is 18.2 Å². The van der Waals surface area contributed by atoms with E-state index in [2.05, 4.69) is 10.2 Å². The summed E-state index contributed by atoms with van der Waals surface area (Å²) < 4.78 is 5.28. The molecule has 0 bridgehead atoms. The maximum atomic E-state index is 12.2. The summed E-state index contributed by atoms with van der Waals surface area (Å²) in [5.41, 5.74) is 0.179. The second-order valence-corrected chi connectivity index (χ2v) is 6.37. The predicted molar refractivity (Wildman–Crippen MR) is 85.7 cm³/mol. The lowest BCUT2D eigenvalue weighted by atomic mass is 9.97. The van der Waals surface area contributed by atoms with Crippen LogP contribution in [0, 0.1) is 0 Å². The molecule has 1 fully saturated rings. The first-order valence-electron chi connectivity index (χ1n) is 7.77. The molecule has 1 heterocycles. The maximum Gasteiger partial charge on any atom is 0.234 e. The number of carbonyl (C=O) groups excluding carboxylic acids is 1. The van der Waals surface area contributed by atoms with Gasteiger partial charge in [0.25, 0.3) is 0 Å². The number of nitrogens with zero attached hydrogens (tertiary/aromatic N) is 1. The van der Waals surface area contributed by atoms with Crippen molar-refractivity contribution in [2.75, 3.05) is 20.2 Å². The van der Waals surface area contributed by atoms with E-state index in [-0.39, 0.29) is 11.9 Å². The van der Waals surface area contributed by atoms with Crippen LogP contribution in [-0.4, -0.2) is 47.8 Å². The van der Waals surface area contributed by atoms with Gasteiger partial charge in [-0.05, 0) is 39.3 Å². The van der Waals surface area contributed by atoms with E-state index in [0.29, 0.717) is 13.1 Å². The highest BCUT2D eigenvalue weighted by Crippen LogP contribution is 2.26. The first-order chi connectivity index (χ1) is 10.4. The number of carbonyl (C=O) groups is 1. The van der Waals surface area contributed by atoms with Gasteiger partial charge in [-0.3, -0.25) is 9.69 Å². The Morgan fingerprint density at radius 2 is 2.18 bits per heavy atom. The zero-order valence-corrected chi connectivity index (χ0v) is 13.6. The van der Waals surface area contributed by atoms with Crippen molar-refractivity contribution in [1.82, 2.24) is 10.2 Å². The predicted octanol–water partition coefficient (Wildman–Crippen LogP) is 1.55. The van der Waals surface area contributed by atoms with Crippen LogP contribution in [0.2, 0.25) is 0 Å². The van der Waals surface area contributed by atoms with Gasteiger partial charge in [0.15, 0.2) is 0 Å². The Labute approximate surface area is 132 Å². The van der Waals surface area contributed by atoms with Gasteiger partial charge in [0.2, 0.25) is 5.91 Å². The minimum Gasteiger partial charge on any atom is -0.496 e. The molecule has 1 aromatic carbocycles. The third-order valence-electron chi connectivity index (χ3n) is 4.19. The normalized spacial score (nSPS) is 19.2. The lowest BCUT2D eigenvalue weighted by molar-refractivity contribution is -0.123. The molecule has 0 aromatic heterocycles. The lowest BCUT2D eigenvalue weighted by Gasteiger charge is -2.33. The average Bonchev–Trinajstić information content (AvgIpc) is 2.93. The van der Waals surface area contributed by atoms with Crippen molar-refractivity contribution >= 4 is 5.91 Å². The first-order valence-corrected chi connectivity index (χ1v) is 7.77. The maximum absolute atomic E-state index is 12.2. The molecule has 2 rings (SSSR count). The van der Waals surface area contributed by atoms with Crippen molar-refractivity contribution in [1.29, 1.82) is 0 Å². The molecule has 122 valence electrons. The minimum absolute atomic E-state index is 0.0259. The molecule has 0 radical (unpaired) electrons. The van der Waals surface area contributed by atoms with Crippen molar-refractivity contribution in [2.45, 2.75) is 44.9 Å². The number of likely N-dealkylation sites (tertiary alicyclic amines) is 1. The number of hydrogen-bond acceptors (Lipinski definition) is 4. The Balaban J connectivity index is 1.88. The Kier molecular flexibility index (Phi) is 5.42. The summed E-state index contributed by atoms with van der Waals surface area (Å²) in [7, 11) is 1.62. The molecule has 22 heavy (non-hydrogen) atoms. The van der Waals surface area contributed by atoms with Crippen molar-refractivity contribution in [3.05, 3.63) is 29.8 Å². The van der Waals surface area contributed by atoms with Crippen molar-refractivity contribution in [2.24, 2.45) is 0 Å². The number of ether oxygens (including phenoxy) is 1. The van der Waals surface area contributed by atoms with E-state index in [1.54, 1.807) is 7.11 Å². The highest BCUT2D eigenvalue weighted by molar-refractivity contribution is 5.78. The molecule has 1 amide bonds. The number of rotatable bonds is 6. The standard InChI is InChI=1S/C17H26N2O3/c1-17(2,21)15-9-6-10-19(15)12-16(20)18-11-13-7-4-5-8-14(13)22-3/h4-5,7-8,15,21H,6,9-12H2,1-3H3,(H,18,20). The number of nitrogens with one attached hydrogen (secondary N) is 1. The third kappa shape index (κ3) is 4.21. The van der Waals surface area contributed by atoms with Crippen LogP contribution in [0.15, 0.2) is 24.3 Å². The topological polar surface area (TPSA) is 61.8 Å². The smallest absolute Gasteiger partial charge is 0.234 e. The van der Waals surface area contributed by atoms with Gasteiger partial charge in [-0.2, -0.15) is 0 Å². The molecule has 1 saturated heterocycles. The number of para-hydroxylation sites is 1. The molecule has 0 saturated carbocycles. The first kappa shape index (κ1) is 16.8. The molecule has 1 aromatic rings. The molecule has 5 nitrogen and oxygen atoms in total. The Hall–Kier alpha value is -1.59. The van der Waals surface area contributed by atoms with Gasteiger partial charge < -0.3 is 15.2 Å². The summed E-state index contributed by atoms with van der Waals surface area (Å²) in [4.78, 5) is 14.2. The van der Waals surface area contributed by atoms with E-state index < -0.39 is 5.60 Å². The second kappa shape index (κ2) is 7.11. The van der Waals surface area contributed by atoms with Crippen LogP contribution in [0.4, 0.5) is 0 Å². The summed E-state index contributed by atoms with van der Waals surface area (Å²) in [6.45, 7) is 5.25. The molecule has 1 atom stereocenters. The highest BCUT2D eigenvalue weighted by Gasteiger charge is 2.36. The summed E-state index contributed by atoms with van der Waals surface area (Å²) in [5.74, 6) is 0.750. The van der Waals surface area contributed by atoms with Crippen molar-refractivity contribution < 1.29 is 14.6 Å². The van der Waals surface area contributed by atoms with E-state index in [9.17, 15) is 9.90 Å². The van der Waals surface area contributed by atoms with Crippen LogP contribution in [0.25, 0.3) is 0 Å². The summed E-state index contributed by atoms with van der Waals surface area (Å²) in [6, 6.07) is 7.70. The summed E-state index contributed by atoms with van der Waals surface area (Å²) in [6.07, 6.45) is 1.96. The molecular weight excluding hydrogens is 280 g/mol. The zero-order chi connectivity index (χ0) is 16.2. The molecule has 5 heteroatoms. The number of benzene rings is 1. The van der Waals surface area contributed by atoms with Gasteiger partial charge in [-0.1, -0.05) is 18.2 Å². The lowest BCUT2D eigenvalue weighted by Crippen LogP contribution is -2.48. The molecule has 2 N–H and O–H groups in total. The van der Waals surface area contributed by atoms with Gasteiger partial charge in [0.1, 0.15) is 5.75 Å². The molecule has 0 spiro atoms. The highest BCUT2D eigenvalue weighted by atomic mass is 16.5. The van der Waals surface area contributed by atoms with E-state index in [1.165, 1.54) is 0 Å². The van der Waals surface area contributed by atoms with E-state index in [0.717, 1.165) is 30.7 Å². The van der Waals surface area contributed by atoms with E-state index in [4.69, 9.17) is 4.74 Å². The van der Waals surface area contributed by atoms with Gasteiger partial charge in [0.05, 0.1) is 19.3 Å². The summed E-state index contributed by atoms with van der Waals surface area (Å²) >= 11 is 0. The van der Waals surface area contributed by atoms with Crippen LogP contribution < -0.4 is 10.1 Å². The average molecular weight is 306 g/mol. The number of hydrogen-bond donors (Lipinski definition) is 2. The number of methoxy groups -OCH3 is 1. The van der Waals surface area contributed by atoms with E-state index in [1.807, 2.05) is 38.1 Å². The largest absolute Gasteiger partial charge is 0.496 e. The van der Waals surface area contributed by atoms with Gasteiger partial charge in [-0.25, -0.2) is 0 Å². The monoisotopic (exact) mass is 306 g/mol. The fourth-order valence-corrected chi connectivity index (χ4v) is 3.10. The second-order valence-electron chi connectivity index (χ2n) is 6.37. The SMILES string of the molecule is COc1ccccc1CNC(=O)CN1CCCC1C(C)(C)O. The quantitative estimate of drug-likeness (QED) is 0.837. The summed E-state index contributed by atoms with van der Waals surface area (Å²) in [5, 5.41) is 13.1. The number of amides is 1. The molecule has 1 unspecified atom stereocenters. The van der Waals surface area contributed by atoms with Gasteiger partial charge in [-0.15, -0.1) is 0 Å². The molecular formula is C17H26N2O3. The van der Waals surface area contributed by atoms with Crippen LogP contribution in [0.5, 0.6) is 5.75 Å². The van der Waals surface area contributed by atoms with Crippen molar-refractivity contribution in [3.8, 4) is 5.75 Å². The molecule has 1 aliphatic heterocycles. The van der Waals surface area contributed by atoms with Crippen LogP contribution in [0.1, 0.15) is 32.3 Å². The Bertz CT molecular complexity index is 511. The zero-order valence-electron chi connectivity index (χ0n) is 13.6. The Morgan fingerprint density at radius 3 is 2.86 bits per heavy atom. The van der Waals surface area contributed by atoms with E-state index >= 15 is 0 Å². The third-order valence-corrected chi connectivity index (χ3v) is 4.19. The molecule has 1 aliphatic rings. The van der Waals surface area contributed by atoms with Crippen LogP contribution in [-0.2, 0) is 11.3 Å². The van der Waals surface area contributed by atoms with Gasteiger partial charge >= 0.3 is 0 Å². The van der Waals surface area contributed by atoms with Crippen LogP contribution >= 0.6 is 0 Å². The Morgan fingerprint density at radius 1 is 1.45 bits per heavy atom. The minimum atomic E-state index is -0.778. The van der Waals surface area contributed by atoms with Crippen LogP contribution in [0.3, 0.4) is 0 Å². The molecule has 0 aliphatic carbocycles. The fraction of sp³-hybridized carbons (Fsp3) is 0.588. The van der Waals surface area contributed by atoms with Crippen molar-refractivity contribution in [3.63, 3.8) is 0 Å². The number of aliphatic hydroxyl groups is 1. The fourth-order valence-electron chi connectivity index (χ4n) is 3.10.